The number of oxazole rings is 1. The zero-order valence-electron chi connectivity index (χ0n) is 8.35. The Labute approximate surface area is 91.3 Å². The van der Waals surface area contributed by atoms with E-state index in [1.807, 2.05) is 24.3 Å². The van der Waals surface area contributed by atoms with E-state index in [0.717, 1.165) is 5.52 Å². The molecule has 0 fully saturated rings. The van der Waals surface area contributed by atoms with Crippen LogP contribution in [0.3, 0.4) is 0 Å². The first kappa shape index (κ1) is 9.09. The van der Waals surface area contributed by atoms with Gasteiger partial charge in [0.2, 0.25) is 5.89 Å². The number of fused-ring (bicyclic) bond motifs is 1. The van der Waals surface area contributed by atoms with Gasteiger partial charge in [0, 0.05) is 0 Å². The van der Waals surface area contributed by atoms with E-state index in [1.54, 1.807) is 18.2 Å². The Morgan fingerprint density at radius 2 is 1.69 bits per heavy atom. The lowest BCUT2D eigenvalue weighted by Gasteiger charge is -1.95. The van der Waals surface area contributed by atoms with Crippen molar-refractivity contribution in [2.45, 2.75) is 0 Å². The van der Waals surface area contributed by atoms with Gasteiger partial charge >= 0.3 is 0 Å². The number of nitrogens with zero attached hydrogens (tertiary/aromatic N) is 1. The first-order valence-electron chi connectivity index (χ1n) is 4.95. The van der Waals surface area contributed by atoms with E-state index >= 15 is 0 Å². The summed E-state index contributed by atoms with van der Waals surface area (Å²) < 4.78 is 19.0. The van der Waals surface area contributed by atoms with Crippen molar-refractivity contribution in [2.24, 2.45) is 0 Å². The van der Waals surface area contributed by atoms with Gasteiger partial charge in [0.05, 0.1) is 5.56 Å². The maximum absolute atomic E-state index is 13.5. The van der Waals surface area contributed by atoms with Gasteiger partial charge in [0.1, 0.15) is 11.3 Å². The van der Waals surface area contributed by atoms with Crippen molar-refractivity contribution < 1.29 is 8.81 Å². The average molecular weight is 213 g/mol. The van der Waals surface area contributed by atoms with Gasteiger partial charge in [0.15, 0.2) is 5.58 Å². The third-order valence-corrected chi connectivity index (χ3v) is 2.40. The van der Waals surface area contributed by atoms with Gasteiger partial charge in [-0.2, -0.15) is 0 Å². The molecule has 0 N–H and O–H groups in total. The molecule has 3 aromatic rings. The highest BCUT2D eigenvalue weighted by molar-refractivity contribution is 5.75. The molecule has 2 nitrogen and oxygen atoms in total. The average Bonchev–Trinajstić information content (AvgIpc) is 2.73. The van der Waals surface area contributed by atoms with Gasteiger partial charge in [0.25, 0.3) is 0 Å². The molecule has 0 atom stereocenters. The number of benzene rings is 2. The van der Waals surface area contributed by atoms with Crippen LogP contribution in [0.1, 0.15) is 0 Å². The summed E-state index contributed by atoms with van der Waals surface area (Å²) in [5.74, 6) is -0.00615. The van der Waals surface area contributed by atoms with Crippen LogP contribution >= 0.6 is 0 Å². The topological polar surface area (TPSA) is 26.0 Å². The van der Waals surface area contributed by atoms with E-state index in [0.29, 0.717) is 17.0 Å². The zero-order valence-corrected chi connectivity index (χ0v) is 8.35. The van der Waals surface area contributed by atoms with Crippen molar-refractivity contribution in [3.8, 4) is 11.5 Å². The Morgan fingerprint density at radius 1 is 0.938 bits per heavy atom. The summed E-state index contributed by atoms with van der Waals surface area (Å²) in [4.78, 5) is 4.24. The predicted octanol–water partition coefficient (Wildman–Crippen LogP) is 3.63. The molecule has 0 aliphatic carbocycles. The molecule has 0 unspecified atom stereocenters. The number of aromatic nitrogens is 1. The molecule has 78 valence electrons. The molecule has 0 saturated carbocycles. The van der Waals surface area contributed by atoms with Crippen LogP contribution in [0, 0.1) is 5.82 Å². The van der Waals surface area contributed by atoms with Crippen LogP contribution in [0.5, 0.6) is 0 Å². The van der Waals surface area contributed by atoms with Gasteiger partial charge < -0.3 is 4.42 Å². The SMILES string of the molecule is Fc1ccccc1-c1nc2ccccc2o1. The fourth-order valence-electron chi connectivity index (χ4n) is 1.62. The van der Waals surface area contributed by atoms with Gasteiger partial charge in [-0.25, -0.2) is 9.37 Å². The summed E-state index contributed by atoms with van der Waals surface area (Å²) in [7, 11) is 0. The molecule has 16 heavy (non-hydrogen) atoms. The molecular formula is C13H8FNO. The van der Waals surface area contributed by atoms with Crippen molar-refractivity contribution in [3.63, 3.8) is 0 Å². The van der Waals surface area contributed by atoms with Crippen LogP contribution in [0.25, 0.3) is 22.6 Å². The number of rotatable bonds is 1. The lowest BCUT2D eigenvalue weighted by molar-refractivity contribution is 0.593. The minimum absolute atomic E-state index is 0.319. The monoisotopic (exact) mass is 213 g/mol. The van der Waals surface area contributed by atoms with Crippen molar-refractivity contribution in [3.05, 3.63) is 54.3 Å². The third kappa shape index (κ3) is 1.37. The Bertz CT molecular complexity index is 612. The lowest BCUT2D eigenvalue weighted by Crippen LogP contribution is -1.82. The Balaban J connectivity index is 2.23. The summed E-state index contributed by atoms with van der Waals surface area (Å²) >= 11 is 0. The molecular weight excluding hydrogens is 205 g/mol. The first-order chi connectivity index (χ1) is 7.84. The number of hydrogen-bond acceptors (Lipinski definition) is 2. The summed E-state index contributed by atoms with van der Waals surface area (Å²) in [5.41, 5.74) is 1.79. The van der Waals surface area contributed by atoms with Crippen LogP contribution in [-0.4, -0.2) is 4.98 Å². The van der Waals surface area contributed by atoms with Crippen molar-refractivity contribution >= 4 is 11.1 Å². The summed E-state index contributed by atoms with van der Waals surface area (Å²) in [6, 6.07) is 13.8. The third-order valence-electron chi connectivity index (χ3n) is 2.40. The van der Waals surface area contributed by atoms with Crippen molar-refractivity contribution in [1.29, 1.82) is 0 Å². The second-order valence-electron chi connectivity index (χ2n) is 3.47. The summed E-state index contributed by atoms with van der Waals surface area (Å²) in [6.45, 7) is 0. The van der Waals surface area contributed by atoms with Crippen LogP contribution in [-0.2, 0) is 0 Å². The van der Waals surface area contributed by atoms with Gasteiger partial charge in [-0.05, 0) is 24.3 Å². The Hall–Kier alpha value is -2.16. The summed E-state index contributed by atoms with van der Waals surface area (Å²) in [6.07, 6.45) is 0. The zero-order chi connectivity index (χ0) is 11.0. The summed E-state index contributed by atoms with van der Waals surface area (Å²) in [5, 5.41) is 0. The van der Waals surface area contributed by atoms with E-state index in [2.05, 4.69) is 4.98 Å². The van der Waals surface area contributed by atoms with E-state index in [9.17, 15) is 4.39 Å². The molecule has 3 heteroatoms. The molecule has 1 heterocycles. The van der Waals surface area contributed by atoms with Gasteiger partial charge in [-0.1, -0.05) is 24.3 Å². The lowest BCUT2D eigenvalue weighted by atomic mass is 10.2. The molecule has 0 saturated heterocycles. The number of halogens is 1. The molecule has 0 aliphatic rings. The van der Waals surface area contributed by atoms with Gasteiger partial charge in [-0.3, -0.25) is 0 Å². The second-order valence-corrected chi connectivity index (χ2v) is 3.47. The van der Waals surface area contributed by atoms with E-state index < -0.39 is 0 Å². The normalized spacial score (nSPS) is 10.8. The highest BCUT2D eigenvalue weighted by Crippen LogP contribution is 2.25. The highest BCUT2D eigenvalue weighted by atomic mass is 19.1. The quantitative estimate of drug-likeness (QED) is 0.616. The minimum atomic E-state index is -0.325. The standard InChI is InChI=1S/C13H8FNO/c14-10-6-2-1-5-9(10)13-15-11-7-3-4-8-12(11)16-13/h1-8H. The highest BCUT2D eigenvalue weighted by Gasteiger charge is 2.10. The number of para-hydroxylation sites is 2. The van der Waals surface area contributed by atoms with E-state index in [4.69, 9.17) is 4.42 Å². The van der Waals surface area contributed by atoms with Crippen LogP contribution in [0.15, 0.2) is 52.9 Å². The molecule has 0 bridgehead atoms. The predicted molar refractivity (Wildman–Crippen MR) is 59.4 cm³/mol. The molecule has 0 aliphatic heterocycles. The molecule has 0 spiro atoms. The molecule has 0 radical (unpaired) electrons. The smallest absolute Gasteiger partial charge is 0.230 e. The Kier molecular flexibility index (Phi) is 1.96. The van der Waals surface area contributed by atoms with E-state index in [1.165, 1.54) is 6.07 Å². The Morgan fingerprint density at radius 3 is 2.50 bits per heavy atom. The largest absolute Gasteiger partial charge is 0.436 e. The van der Waals surface area contributed by atoms with Crippen LogP contribution in [0.4, 0.5) is 4.39 Å². The van der Waals surface area contributed by atoms with Crippen molar-refractivity contribution in [2.75, 3.05) is 0 Å². The fourth-order valence-corrected chi connectivity index (χ4v) is 1.62. The molecule has 0 amide bonds. The number of hydrogen-bond donors (Lipinski definition) is 0. The molecule has 3 rings (SSSR count). The van der Waals surface area contributed by atoms with E-state index in [-0.39, 0.29) is 5.82 Å². The van der Waals surface area contributed by atoms with Crippen molar-refractivity contribution in [1.82, 2.24) is 4.98 Å². The minimum Gasteiger partial charge on any atom is -0.436 e. The van der Waals surface area contributed by atoms with Crippen LogP contribution in [0.2, 0.25) is 0 Å². The molecule has 1 aromatic heterocycles. The molecule has 2 aromatic carbocycles. The van der Waals surface area contributed by atoms with Crippen LogP contribution < -0.4 is 0 Å². The maximum atomic E-state index is 13.5. The maximum Gasteiger partial charge on any atom is 0.230 e. The fraction of sp³-hybridized carbons (Fsp3) is 0. The van der Waals surface area contributed by atoms with Gasteiger partial charge in [-0.15, -0.1) is 0 Å². The first-order valence-corrected chi connectivity index (χ1v) is 4.95. The second kappa shape index (κ2) is 3.45.